The molecule has 0 spiro atoms. The Morgan fingerprint density at radius 1 is 0.259 bits per heavy atom. The summed E-state index contributed by atoms with van der Waals surface area (Å²) in [7, 11) is 0. The van der Waals surface area contributed by atoms with Gasteiger partial charge in [0.05, 0.1) is 22.1 Å². The first-order valence-corrected chi connectivity index (χ1v) is 18.7. The molecule has 2 nitrogen and oxygen atoms in total. The number of hydrogen-bond donors (Lipinski definition) is 0. The molecule has 0 N–H and O–H groups in total. The number of benzene rings is 10. The van der Waals surface area contributed by atoms with Crippen LogP contribution in [0.4, 0.5) is 0 Å². The van der Waals surface area contributed by atoms with Gasteiger partial charge in [-0.25, -0.2) is 0 Å². The first-order valence-electron chi connectivity index (χ1n) is 18.7. The van der Waals surface area contributed by atoms with Crippen molar-refractivity contribution in [2.45, 2.75) is 0 Å². The highest BCUT2D eigenvalue weighted by Gasteiger charge is 2.21. The second-order valence-electron chi connectivity index (χ2n) is 14.5. The number of rotatable bonds is 3. The van der Waals surface area contributed by atoms with Crippen LogP contribution in [0.1, 0.15) is 0 Å². The van der Waals surface area contributed by atoms with Gasteiger partial charge in [0.1, 0.15) is 0 Å². The third kappa shape index (κ3) is 4.05. The SMILES string of the molecule is c1ccc2cc(-n3c4ccccc4c4c5c6ccccc6n(-c6ccc(-c7cccc8c9ccccc9c9ccccc9c78)cc6)c5ccc43)ccc2c1. The van der Waals surface area contributed by atoms with E-state index in [2.05, 4.69) is 203 Å². The van der Waals surface area contributed by atoms with Crippen molar-refractivity contribution in [2.24, 2.45) is 0 Å². The summed E-state index contributed by atoms with van der Waals surface area (Å²) in [6.07, 6.45) is 0. The van der Waals surface area contributed by atoms with Crippen molar-refractivity contribution < 1.29 is 0 Å². The lowest BCUT2D eigenvalue weighted by Crippen LogP contribution is -1.95. The fourth-order valence-electron chi connectivity index (χ4n) is 9.38. The molecule has 54 heavy (non-hydrogen) atoms. The van der Waals surface area contributed by atoms with E-state index in [1.54, 1.807) is 0 Å². The van der Waals surface area contributed by atoms with Gasteiger partial charge >= 0.3 is 0 Å². The summed E-state index contributed by atoms with van der Waals surface area (Å²) < 4.78 is 4.89. The van der Waals surface area contributed by atoms with E-state index in [0.29, 0.717) is 0 Å². The third-order valence-corrected chi connectivity index (χ3v) is 11.7. The largest absolute Gasteiger partial charge is 0.309 e. The normalized spacial score (nSPS) is 12.1. The minimum atomic E-state index is 1.15. The minimum absolute atomic E-state index is 1.15. The maximum absolute atomic E-state index is 2.45. The standard InChI is InChI=1S/C52H32N2/c1-2-13-35-32-37(29-24-33(35)12-1)54-47-23-10-8-19-45(47)52-49(54)31-30-48-51(52)44-18-7-9-22-46(44)53(48)36-27-25-34(26-28-36)38-20-11-21-43-41-15-4-3-14-39(41)40-16-5-6-17-42(40)50(38)43/h1-32H. The van der Waals surface area contributed by atoms with Gasteiger partial charge in [-0.05, 0) is 103 Å². The van der Waals surface area contributed by atoms with E-state index in [-0.39, 0.29) is 0 Å². The molecular formula is C52H32N2. The van der Waals surface area contributed by atoms with Crippen LogP contribution in [0.25, 0.3) is 109 Å². The molecular weight excluding hydrogens is 653 g/mol. The van der Waals surface area contributed by atoms with Gasteiger partial charge in [0.15, 0.2) is 0 Å². The van der Waals surface area contributed by atoms with Crippen LogP contribution in [0, 0.1) is 0 Å². The Bertz CT molecular complexity index is 3440. The molecule has 12 rings (SSSR count). The summed E-state index contributed by atoms with van der Waals surface area (Å²) >= 11 is 0. The highest BCUT2D eigenvalue weighted by Crippen LogP contribution is 2.44. The molecule has 10 aromatic carbocycles. The van der Waals surface area contributed by atoms with E-state index in [4.69, 9.17) is 0 Å². The molecule has 12 aromatic rings. The maximum Gasteiger partial charge on any atom is 0.0548 e. The predicted molar refractivity (Wildman–Crippen MR) is 231 cm³/mol. The van der Waals surface area contributed by atoms with Crippen LogP contribution in [0.2, 0.25) is 0 Å². The average Bonchev–Trinajstić information content (AvgIpc) is 3.76. The molecule has 2 heterocycles. The van der Waals surface area contributed by atoms with Gasteiger partial charge in [0.25, 0.3) is 0 Å². The molecule has 0 atom stereocenters. The quantitative estimate of drug-likeness (QED) is 0.164. The van der Waals surface area contributed by atoms with Crippen LogP contribution >= 0.6 is 0 Å². The van der Waals surface area contributed by atoms with E-state index < -0.39 is 0 Å². The number of nitrogens with zero attached hydrogens (tertiary/aromatic N) is 2. The van der Waals surface area contributed by atoms with Crippen LogP contribution < -0.4 is 0 Å². The number of para-hydroxylation sites is 2. The highest BCUT2D eigenvalue weighted by molar-refractivity contribution is 6.30. The van der Waals surface area contributed by atoms with E-state index in [0.717, 1.165) is 5.69 Å². The summed E-state index contributed by atoms with van der Waals surface area (Å²) in [5, 5.41) is 15.4. The molecule has 0 radical (unpaired) electrons. The molecule has 250 valence electrons. The maximum atomic E-state index is 2.45. The fraction of sp³-hybridized carbons (Fsp3) is 0. The average molecular weight is 685 g/mol. The van der Waals surface area contributed by atoms with Gasteiger partial charge < -0.3 is 9.13 Å². The van der Waals surface area contributed by atoms with Gasteiger partial charge in [0.2, 0.25) is 0 Å². The lowest BCUT2D eigenvalue weighted by Gasteiger charge is -2.15. The van der Waals surface area contributed by atoms with Crippen molar-refractivity contribution in [2.75, 3.05) is 0 Å². The Hall–Kier alpha value is -7.16. The zero-order chi connectivity index (χ0) is 35.3. The summed E-state index contributed by atoms with van der Waals surface area (Å²) in [6.45, 7) is 0. The molecule has 0 aliphatic carbocycles. The van der Waals surface area contributed by atoms with Crippen molar-refractivity contribution in [3.8, 4) is 22.5 Å². The Morgan fingerprint density at radius 2 is 0.722 bits per heavy atom. The lowest BCUT2D eigenvalue weighted by molar-refractivity contribution is 1.17. The smallest absolute Gasteiger partial charge is 0.0548 e. The van der Waals surface area contributed by atoms with Gasteiger partial charge in [-0.3, -0.25) is 0 Å². The molecule has 0 aliphatic heterocycles. The Labute approximate surface area is 311 Å². The summed E-state index contributed by atoms with van der Waals surface area (Å²) in [6, 6.07) is 71.4. The topological polar surface area (TPSA) is 9.86 Å². The molecule has 0 unspecified atom stereocenters. The molecule has 0 saturated heterocycles. The number of fused-ring (bicyclic) bond motifs is 14. The van der Waals surface area contributed by atoms with Crippen LogP contribution in [0.15, 0.2) is 194 Å². The Kier molecular flexibility index (Phi) is 6.09. The zero-order valence-electron chi connectivity index (χ0n) is 29.4. The van der Waals surface area contributed by atoms with E-state index >= 15 is 0 Å². The fourth-order valence-corrected chi connectivity index (χ4v) is 9.38. The van der Waals surface area contributed by atoms with Gasteiger partial charge in [-0.15, -0.1) is 0 Å². The molecule has 2 aromatic heterocycles. The second kappa shape index (κ2) is 11.2. The molecule has 0 saturated carbocycles. The van der Waals surface area contributed by atoms with E-state index in [1.807, 2.05) is 0 Å². The third-order valence-electron chi connectivity index (χ3n) is 11.7. The molecule has 0 bridgehead atoms. The first-order chi connectivity index (χ1) is 26.8. The lowest BCUT2D eigenvalue weighted by atomic mass is 9.89. The van der Waals surface area contributed by atoms with Crippen molar-refractivity contribution in [1.29, 1.82) is 0 Å². The summed E-state index contributed by atoms with van der Waals surface area (Å²) in [5.41, 5.74) is 9.64. The zero-order valence-corrected chi connectivity index (χ0v) is 29.4. The summed E-state index contributed by atoms with van der Waals surface area (Å²) in [4.78, 5) is 0. The molecule has 0 amide bonds. The van der Waals surface area contributed by atoms with Gasteiger partial charge in [-0.2, -0.15) is 0 Å². The van der Waals surface area contributed by atoms with Crippen LogP contribution in [-0.4, -0.2) is 9.13 Å². The Balaban J connectivity index is 1.09. The van der Waals surface area contributed by atoms with E-state index in [1.165, 1.54) is 104 Å². The second-order valence-corrected chi connectivity index (χ2v) is 14.5. The van der Waals surface area contributed by atoms with Crippen molar-refractivity contribution >= 4 is 86.7 Å². The minimum Gasteiger partial charge on any atom is -0.309 e. The van der Waals surface area contributed by atoms with Crippen molar-refractivity contribution in [1.82, 2.24) is 9.13 Å². The van der Waals surface area contributed by atoms with Crippen LogP contribution in [0.3, 0.4) is 0 Å². The monoisotopic (exact) mass is 684 g/mol. The Morgan fingerprint density at radius 3 is 1.35 bits per heavy atom. The first kappa shape index (κ1) is 29.4. The summed E-state index contributed by atoms with van der Waals surface area (Å²) in [5.74, 6) is 0. The molecule has 0 aliphatic rings. The highest BCUT2D eigenvalue weighted by atomic mass is 15.0. The van der Waals surface area contributed by atoms with Crippen LogP contribution in [-0.2, 0) is 0 Å². The van der Waals surface area contributed by atoms with Crippen molar-refractivity contribution in [3.63, 3.8) is 0 Å². The molecule has 2 heteroatoms. The molecule has 0 fully saturated rings. The van der Waals surface area contributed by atoms with Crippen LogP contribution in [0.5, 0.6) is 0 Å². The van der Waals surface area contributed by atoms with Gasteiger partial charge in [0, 0.05) is 32.9 Å². The van der Waals surface area contributed by atoms with Crippen molar-refractivity contribution in [3.05, 3.63) is 194 Å². The number of hydrogen-bond acceptors (Lipinski definition) is 0. The predicted octanol–water partition coefficient (Wildman–Crippen LogP) is 14.2. The number of aromatic nitrogens is 2. The van der Waals surface area contributed by atoms with Gasteiger partial charge in [-0.1, -0.05) is 146 Å². The van der Waals surface area contributed by atoms with E-state index in [9.17, 15) is 0 Å².